The third-order valence-corrected chi connectivity index (χ3v) is 2.81. The number of nitrogens with zero attached hydrogens (tertiary/aromatic N) is 1. The largest absolute Gasteiger partial charge is 0.481 e. The van der Waals surface area contributed by atoms with Crippen molar-refractivity contribution in [3.05, 3.63) is 35.4 Å². The van der Waals surface area contributed by atoms with Crippen LogP contribution in [0.5, 0.6) is 0 Å². The minimum atomic E-state index is -0.717. The molecule has 94 valence electrons. The maximum atomic E-state index is 10.4. The molecular formula is C14H21NO2. The van der Waals surface area contributed by atoms with Crippen LogP contribution in [0.15, 0.2) is 24.3 Å². The topological polar surface area (TPSA) is 40.5 Å². The second-order valence-electron chi connectivity index (χ2n) is 4.41. The Balaban J connectivity index is 2.34. The van der Waals surface area contributed by atoms with Gasteiger partial charge in [-0.2, -0.15) is 0 Å². The van der Waals surface area contributed by atoms with Gasteiger partial charge in [-0.25, -0.2) is 0 Å². The monoisotopic (exact) mass is 235 g/mol. The van der Waals surface area contributed by atoms with Gasteiger partial charge in [-0.15, -0.1) is 0 Å². The molecule has 0 fully saturated rings. The molecule has 0 spiro atoms. The molecule has 0 aliphatic carbocycles. The lowest BCUT2D eigenvalue weighted by Crippen LogP contribution is -2.19. The van der Waals surface area contributed by atoms with Crippen LogP contribution in [0, 0.1) is 0 Å². The van der Waals surface area contributed by atoms with E-state index in [2.05, 4.69) is 36.1 Å². The van der Waals surface area contributed by atoms with Crippen LogP contribution in [-0.2, 0) is 17.8 Å². The zero-order valence-corrected chi connectivity index (χ0v) is 10.6. The Kier molecular flexibility index (Phi) is 5.70. The Hall–Kier alpha value is -1.35. The predicted octanol–water partition coefficient (Wildman–Crippen LogP) is 2.55. The number of benzene rings is 1. The van der Waals surface area contributed by atoms with Gasteiger partial charge in [0.25, 0.3) is 0 Å². The van der Waals surface area contributed by atoms with Crippen LogP contribution in [0.2, 0.25) is 0 Å². The van der Waals surface area contributed by atoms with E-state index in [9.17, 15) is 4.79 Å². The van der Waals surface area contributed by atoms with Gasteiger partial charge in [0.1, 0.15) is 0 Å². The van der Waals surface area contributed by atoms with Crippen LogP contribution in [0.4, 0.5) is 0 Å². The van der Waals surface area contributed by atoms with Gasteiger partial charge in [0, 0.05) is 13.0 Å². The van der Waals surface area contributed by atoms with Crippen molar-refractivity contribution < 1.29 is 9.90 Å². The fourth-order valence-corrected chi connectivity index (χ4v) is 1.77. The predicted molar refractivity (Wildman–Crippen MR) is 69.0 cm³/mol. The van der Waals surface area contributed by atoms with Gasteiger partial charge >= 0.3 is 5.97 Å². The molecule has 0 radical (unpaired) electrons. The van der Waals surface area contributed by atoms with Crippen molar-refractivity contribution in [1.29, 1.82) is 0 Å². The average Bonchev–Trinajstić information content (AvgIpc) is 2.29. The summed E-state index contributed by atoms with van der Waals surface area (Å²) in [6.45, 7) is 3.85. The van der Waals surface area contributed by atoms with Crippen LogP contribution in [0.25, 0.3) is 0 Å². The van der Waals surface area contributed by atoms with Crippen LogP contribution in [0.3, 0.4) is 0 Å². The lowest BCUT2D eigenvalue weighted by molar-refractivity contribution is -0.137. The van der Waals surface area contributed by atoms with E-state index < -0.39 is 5.97 Å². The van der Waals surface area contributed by atoms with E-state index >= 15 is 0 Å². The summed E-state index contributed by atoms with van der Waals surface area (Å²) in [6.07, 6.45) is 2.02. The van der Waals surface area contributed by atoms with Gasteiger partial charge in [-0.1, -0.05) is 31.2 Å². The van der Waals surface area contributed by atoms with Gasteiger partial charge in [-0.05, 0) is 37.6 Å². The Morgan fingerprint density at radius 1 is 1.24 bits per heavy atom. The van der Waals surface area contributed by atoms with Gasteiger partial charge in [0.05, 0.1) is 0 Å². The minimum absolute atomic E-state index is 0.249. The molecule has 1 aromatic rings. The summed E-state index contributed by atoms with van der Waals surface area (Å²) in [6, 6.07) is 8.60. The first-order chi connectivity index (χ1) is 8.11. The standard InChI is InChI=1S/C14H21NO2/c1-3-12-6-8-13(9-7-12)11-15(2)10-4-5-14(16)17/h6-9H,3-5,10-11H2,1-2H3,(H,16,17). The van der Waals surface area contributed by atoms with Crippen LogP contribution in [-0.4, -0.2) is 29.6 Å². The molecule has 0 saturated heterocycles. The fourth-order valence-electron chi connectivity index (χ4n) is 1.77. The van der Waals surface area contributed by atoms with Crippen LogP contribution >= 0.6 is 0 Å². The summed E-state index contributed by atoms with van der Waals surface area (Å²) >= 11 is 0. The number of aliphatic carboxylic acids is 1. The highest BCUT2D eigenvalue weighted by molar-refractivity contribution is 5.66. The quantitative estimate of drug-likeness (QED) is 0.789. The molecule has 0 aromatic heterocycles. The van der Waals surface area contributed by atoms with Crippen molar-refractivity contribution in [3.8, 4) is 0 Å². The zero-order chi connectivity index (χ0) is 12.7. The van der Waals surface area contributed by atoms with E-state index in [1.807, 2.05) is 7.05 Å². The Morgan fingerprint density at radius 3 is 2.35 bits per heavy atom. The number of aryl methyl sites for hydroxylation is 1. The fraction of sp³-hybridized carbons (Fsp3) is 0.500. The normalized spacial score (nSPS) is 10.8. The molecule has 0 amide bonds. The number of hydrogen-bond donors (Lipinski definition) is 1. The second-order valence-corrected chi connectivity index (χ2v) is 4.41. The second kappa shape index (κ2) is 7.07. The highest BCUT2D eigenvalue weighted by Crippen LogP contribution is 2.07. The molecule has 1 N–H and O–H groups in total. The molecule has 0 aliphatic heterocycles. The smallest absolute Gasteiger partial charge is 0.303 e. The van der Waals surface area contributed by atoms with E-state index in [0.717, 1.165) is 19.5 Å². The van der Waals surface area contributed by atoms with Gasteiger partial charge in [-0.3, -0.25) is 4.79 Å². The summed E-state index contributed by atoms with van der Waals surface area (Å²) in [4.78, 5) is 12.5. The molecule has 0 unspecified atom stereocenters. The Morgan fingerprint density at radius 2 is 1.82 bits per heavy atom. The lowest BCUT2D eigenvalue weighted by Gasteiger charge is -2.16. The van der Waals surface area contributed by atoms with Gasteiger partial charge in [0.2, 0.25) is 0 Å². The van der Waals surface area contributed by atoms with E-state index in [4.69, 9.17) is 5.11 Å². The molecule has 0 atom stereocenters. The van der Waals surface area contributed by atoms with E-state index in [0.29, 0.717) is 6.42 Å². The lowest BCUT2D eigenvalue weighted by atomic mass is 10.1. The van der Waals surface area contributed by atoms with Crippen molar-refractivity contribution in [3.63, 3.8) is 0 Å². The highest BCUT2D eigenvalue weighted by atomic mass is 16.4. The van der Waals surface area contributed by atoms with Crippen LogP contribution in [0.1, 0.15) is 30.9 Å². The summed E-state index contributed by atoms with van der Waals surface area (Å²) in [5.74, 6) is -0.717. The third kappa shape index (κ3) is 5.50. The van der Waals surface area contributed by atoms with E-state index in [1.54, 1.807) is 0 Å². The Labute approximate surface area is 103 Å². The van der Waals surface area contributed by atoms with E-state index in [-0.39, 0.29) is 6.42 Å². The average molecular weight is 235 g/mol. The maximum absolute atomic E-state index is 10.4. The molecule has 1 aromatic carbocycles. The molecule has 1 rings (SSSR count). The highest BCUT2D eigenvalue weighted by Gasteiger charge is 2.02. The summed E-state index contributed by atoms with van der Waals surface area (Å²) < 4.78 is 0. The van der Waals surface area contributed by atoms with Crippen molar-refractivity contribution in [2.24, 2.45) is 0 Å². The molecule has 3 heteroatoms. The van der Waals surface area contributed by atoms with Crippen molar-refractivity contribution >= 4 is 5.97 Å². The minimum Gasteiger partial charge on any atom is -0.481 e. The van der Waals surface area contributed by atoms with E-state index in [1.165, 1.54) is 11.1 Å². The number of carboxylic acids is 1. The molecule has 0 aliphatic rings. The summed E-state index contributed by atoms with van der Waals surface area (Å²) in [5, 5.41) is 8.56. The molecule has 17 heavy (non-hydrogen) atoms. The number of carbonyl (C=O) groups is 1. The zero-order valence-electron chi connectivity index (χ0n) is 10.6. The summed E-state index contributed by atoms with van der Waals surface area (Å²) in [5.41, 5.74) is 2.63. The first-order valence-corrected chi connectivity index (χ1v) is 6.10. The summed E-state index contributed by atoms with van der Waals surface area (Å²) in [7, 11) is 2.02. The molecular weight excluding hydrogens is 214 g/mol. The molecule has 3 nitrogen and oxygen atoms in total. The van der Waals surface area contributed by atoms with Gasteiger partial charge < -0.3 is 10.0 Å². The van der Waals surface area contributed by atoms with Crippen molar-refractivity contribution in [2.75, 3.05) is 13.6 Å². The molecule has 0 saturated carbocycles. The third-order valence-electron chi connectivity index (χ3n) is 2.81. The molecule has 0 heterocycles. The first-order valence-electron chi connectivity index (χ1n) is 6.10. The van der Waals surface area contributed by atoms with Crippen LogP contribution < -0.4 is 0 Å². The number of carboxylic acid groups (broad SMARTS) is 1. The van der Waals surface area contributed by atoms with Gasteiger partial charge in [0.15, 0.2) is 0 Å². The SMILES string of the molecule is CCc1ccc(CN(C)CCCC(=O)O)cc1. The molecule has 0 bridgehead atoms. The first kappa shape index (κ1) is 13.7. The van der Waals surface area contributed by atoms with Crippen molar-refractivity contribution in [2.45, 2.75) is 32.7 Å². The maximum Gasteiger partial charge on any atom is 0.303 e. The number of hydrogen-bond acceptors (Lipinski definition) is 2. The Bertz CT molecular complexity index is 346. The van der Waals surface area contributed by atoms with Crippen molar-refractivity contribution in [1.82, 2.24) is 4.90 Å². The number of rotatable bonds is 7.